The Morgan fingerprint density at radius 3 is 1.66 bits per heavy atom. The van der Waals surface area contributed by atoms with Crippen molar-refractivity contribution in [1.82, 2.24) is 16.0 Å². The molecule has 10 heteroatoms. The maximum atomic E-state index is 13.0. The first-order chi connectivity index (χ1) is 18.8. The summed E-state index contributed by atoms with van der Waals surface area (Å²) in [5.74, 6) is -1.75. The molecule has 0 fully saturated rings. The number of hydrogen-bond donors (Lipinski definition) is 3. The maximum Gasteiger partial charge on any atom is 0.329 e. The van der Waals surface area contributed by atoms with E-state index in [2.05, 4.69) is 16.0 Å². The molecule has 0 aromatic heterocycles. The molecule has 0 aliphatic rings. The zero-order chi connectivity index (χ0) is 31.3. The molecular weight excluding hydrogens is 526 g/mol. The second kappa shape index (κ2) is 16.3. The lowest BCUT2D eigenvalue weighted by molar-refractivity contribution is -0.159. The summed E-state index contributed by atoms with van der Waals surface area (Å²) < 4.78 is 16.3. The highest BCUT2D eigenvalue weighted by molar-refractivity contribution is 5.87. The number of carbonyl (C=O) groups is 4. The van der Waals surface area contributed by atoms with E-state index in [0.29, 0.717) is 12.8 Å². The number of urea groups is 1. The van der Waals surface area contributed by atoms with Gasteiger partial charge in [-0.15, -0.1) is 0 Å². The van der Waals surface area contributed by atoms with Gasteiger partial charge in [-0.05, 0) is 100 Å². The van der Waals surface area contributed by atoms with Crippen molar-refractivity contribution < 1.29 is 33.4 Å². The molecule has 10 nitrogen and oxygen atoms in total. The zero-order valence-electron chi connectivity index (χ0n) is 26.3. The first kappa shape index (κ1) is 35.9. The number of hydrogen-bond acceptors (Lipinski definition) is 8. The van der Waals surface area contributed by atoms with Gasteiger partial charge in [-0.1, -0.05) is 30.3 Å². The van der Waals surface area contributed by atoms with Crippen molar-refractivity contribution in [2.24, 2.45) is 0 Å². The van der Waals surface area contributed by atoms with Gasteiger partial charge in [0, 0.05) is 13.0 Å². The lowest BCUT2D eigenvalue weighted by Gasteiger charge is -2.27. The minimum atomic E-state index is -1.12. The molecule has 232 valence electrons. The molecule has 0 aliphatic heterocycles. The molecule has 2 amide bonds. The van der Waals surface area contributed by atoms with Gasteiger partial charge in [0.2, 0.25) is 0 Å². The third kappa shape index (κ3) is 18.0. The van der Waals surface area contributed by atoms with Crippen molar-refractivity contribution >= 4 is 23.9 Å². The highest BCUT2D eigenvalue weighted by Gasteiger charge is 2.31. The number of nitrogens with one attached hydrogen (secondary N) is 3. The van der Waals surface area contributed by atoms with E-state index in [9.17, 15) is 19.2 Å². The van der Waals surface area contributed by atoms with Crippen molar-refractivity contribution in [3.63, 3.8) is 0 Å². The van der Waals surface area contributed by atoms with Gasteiger partial charge in [0.15, 0.2) is 0 Å². The Morgan fingerprint density at radius 2 is 1.17 bits per heavy atom. The second-order valence-corrected chi connectivity index (χ2v) is 13.1. The quantitative estimate of drug-likeness (QED) is 0.163. The Bertz CT molecular complexity index is 976. The van der Waals surface area contributed by atoms with Crippen LogP contribution in [0.2, 0.25) is 0 Å². The van der Waals surface area contributed by atoms with E-state index in [-0.39, 0.29) is 12.8 Å². The molecule has 1 rings (SSSR count). The Hall–Kier alpha value is -3.14. The standard InChI is InChI=1S/C31H51N3O7/c1-29(2,3)39-25(35)19-18-24(27(37)41-31(7,8)9)34-28(38)33-23(26(36)40-30(4,5)6)17-13-14-20-32-21-22-15-11-10-12-16-22/h10-12,15-16,23-24,32H,13-14,17-21H2,1-9H3,(H2,33,34,38). The summed E-state index contributed by atoms with van der Waals surface area (Å²) in [5.41, 5.74) is -1.03. The van der Waals surface area contributed by atoms with Crippen LogP contribution in [0.1, 0.15) is 100.0 Å². The summed E-state index contributed by atoms with van der Waals surface area (Å²) in [6.45, 7) is 17.1. The summed E-state index contributed by atoms with van der Waals surface area (Å²) in [4.78, 5) is 51.0. The summed E-state index contributed by atoms with van der Waals surface area (Å²) in [6.07, 6.45) is 1.66. The summed E-state index contributed by atoms with van der Waals surface area (Å²) in [5, 5.41) is 8.62. The molecule has 41 heavy (non-hydrogen) atoms. The van der Waals surface area contributed by atoms with Crippen LogP contribution in [0.4, 0.5) is 4.79 Å². The number of carbonyl (C=O) groups excluding carboxylic acids is 4. The summed E-state index contributed by atoms with van der Waals surface area (Å²) in [7, 11) is 0. The van der Waals surface area contributed by atoms with Gasteiger partial charge >= 0.3 is 23.9 Å². The van der Waals surface area contributed by atoms with E-state index < -0.39 is 52.8 Å². The van der Waals surface area contributed by atoms with Crippen LogP contribution in [0.15, 0.2) is 30.3 Å². The van der Waals surface area contributed by atoms with Crippen molar-refractivity contribution in [1.29, 1.82) is 0 Å². The molecule has 1 aromatic carbocycles. The van der Waals surface area contributed by atoms with Crippen LogP contribution in [0, 0.1) is 0 Å². The topological polar surface area (TPSA) is 132 Å². The van der Waals surface area contributed by atoms with Gasteiger partial charge in [-0.2, -0.15) is 0 Å². The van der Waals surface area contributed by atoms with Crippen LogP contribution < -0.4 is 16.0 Å². The minimum absolute atomic E-state index is 0.0264. The second-order valence-electron chi connectivity index (χ2n) is 13.1. The number of rotatable bonds is 14. The Morgan fingerprint density at radius 1 is 0.683 bits per heavy atom. The summed E-state index contributed by atoms with van der Waals surface area (Å²) in [6, 6.07) is 7.27. The van der Waals surface area contributed by atoms with Crippen LogP contribution >= 0.6 is 0 Å². The van der Waals surface area contributed by atoms with Crippen molar-refractivity contribution in [3.05, 3.63) is 35.9 Å². The normalized spacial score (nSPS) is 13.5. The fourth-order valence-electron chi connectivity index (χ4n) is 3.68. The molecule has 2 atom stereocenters. The first-order valence-electron chi connectivity index (χ1n) is 14.3. The van der Waals surface area contributed by atoms with Gasteiger partial charge in [0.05, 0.1) is 0 Å². The molecule has 0 spiro atoms. The number of benzene rings is 1. The van der Waals surface area contributed by atoms with Crippen molar-refractivity contribution in [2.45, 2.75) is 130 Å². The molecule has 0 bridgehead atoms. The molecule has 1 aromatic rings. The van der Waals surface area contributed by atoms with E-state index in [0.717, 1.165) is 19.5 Å². The number of unbranched alkanes of at least 4 members (excludes halogenated alkanes) is 1. The molecule has 0 aliphatic carbocycles. The number of amides is 2. The van der Waals surface area contributed by atoms with E-state index in [1.807, 2.05) is 30.3 Å². The summed E-state index contributed by atoms with van der Waals surface area (Å²) >= 11 is 0. The van der Waals surface area contributed by atoms with Gasteiger partial charge < -0.3 is 30.2 Å². The van der Waals surface area contributed by atoms with E-state index in [1.165, 1.54) is 5.56 Å². The predicted molar refractivity (Wildman–Crippen MR) is 158 cm³/mol. The molecule has 0 heterocycles. The molecule has 0 saturated carbocycles. The minimum Gasteiger partial charge on any atom is -0.460 e. The smallest absolute Gasteiger partial charge is 0.329 e. The first-order valence-corrected chi connectivity index (χ1v) is 14.3. The lowest BCUT2D eigenvalue weighted by Crippen LogP contribution is -2.53. The fraction of sp³-hybridized carbons (Fsp3) is 0.677. The third-order valence-corrected chi connectivity index (χ3v) is 5.32. The van der Waals surface area contributed by atoms with E-state index in [4.69, 9.17) is 14.2 Å². The molecule has 3 N–H and O–H groups in total. The van der Waals surface area contributed by atoms with Crippen LogP contribution in [-0.4, -0.2) is 59.4 Å². The fourth-order valence-corrected chi connectivity index (χ4v) is 3.68. The van der Waals surface area contributed by atoms with Crippen molar-refractivity contribution in [3.8, 4) is 0 Å². The monoisotopic (exact) mass is 577 g/mol. The Balaban J connectivity index is 2.81. The SMILES string of the molecule is CC(C)(C)OC(=O)CCC(NC(=O)NC(CCCCNCc1ccccc1)C(=O)OC(C)(C)C)C(=O)OC(C)(C)C. The highest BCUT2D eigenvalue weighted by Crippen LogP contribution is 2.15. The lowest BCUT2D eigenvalue weighted by atomic mass is 10.1. The predicted octanol–water partition coefficient (Wildman–Crippen LogP) is 4.79. The highest BCUT2D eigenvalue weighted by atomic mass is 16.6. The van der Waals surface area contributed by atoms with Crippen LogP contribution in [0.5, 0.6) is 0 Å². The molecule has 2 unspecified atom stereocenters. The molecule has 0 saturated heterocycles. The van der Waals surface area contributed by atoms with Crippen LogP contribution in [0.3, 0.4) is 0 Å². The van der Waals surface area contributed by atoms with E-state index >= 15 is 0 Å². The van der Waals surface area contributed by atoms with Gasteiger partial charge in [-0.25, -0.2) is 14.4 Å². The van der Waals surface area contributed by atoms with E-state index in [1.54, 1.807) is 62.3 Å². The van der Waals surface area contributed by atoms with Gasteiger partial charge in [0.25, 0.3) is 0 Å². The van der Waals surface area contributed by atoms with Gasteiger partial charge in [0.1, 0.15) is 28.9 Å². The third-order valence-electron chi connectivity index (χ3n) is 5.32. The number of ether oxygens (including phenoxy) is 3. The van der Waals surface area contributed by atoms with Crippen molar-refractivity contribution in [2.75, 3.05) is 6.54 Å². The maximum absolute atomic E-state index is 13.0. The molecular formula is C31H51N3O7. The Labute approximate surface area is 245 Å². The van der Waals surface area contributed by atoms with Crippen LogP contribution in [0.25, 0.3) is 0 Å². The zero-order valence-corrected chi connectivity index (χ0v) is 26.3. The number of esters is 3. The Kier molecular flexibility index (Phi) is 14.3. The molecule has 0 radical (unpaired) electrons. The van der Waals surface area contributed by atoms with Crippen LogP contribution in [-0.2, 0) is 35.1 Å². The largest absolute Gasteiger partial charge is 0.460 e. The average Bonchev–Trinajstić information content (AvgIpc) is 2.80. The van der Waals surface area contributed by atoms with Gasteiger partial charge in [-0.3, -0.25) is 4.79 Å². The average molecular weight is 578 g/mol.